The minimum absolute atomic E-state index is 0.153. The van der Waals surface area contributed by atoms with Gasteiger partial charge in [0.25, 0.3) is 5.91 Å². The molecule has 0 bridgehead atoms. The van der Waals surface area contributed by atoms with Gasteiger partial charge in [-0.25, -0.2) is 0 Å². The van der Waals surface area contributed by atoms with Crippen molar-refractivity contribution in [2.24, 2.45) is 0 Å². The number of amides is 1. The number of alkyl halides is 1. The molecule has 1 unspecified atom stereocenters. The van der Waals surface area contributed by atoms with Gasteiger partial charge in [0.1, 0.15) is 0 Å². The lowest BCUT2D eigenvalue weighted by atomic mass is 10.2. The summed E-state index contributed by atoms with van der Waals surface area (Å²) in [7, 11) is 0. The Labute approximate surface area is 107 Å². The highest BCUT2D eigenvalue weighted by molar-refractivity contribution is 9.09. The van der Waals surface area contributed by atoms with E-state index in [1.54, 1.807) is 18.2 Å². The van der Waals surface area contributed by atoms with Gasteiger partial charge in [0.15, 0.2) is 0 Å². The van der Waals surface area contributed by atoms with Crippen molar-refractivity contribution >= 4 is 45.0 Å². The minimum atomic E-state index is -0.153. The topological polar surface area (TPSA) is 29.1 Å². The summed E-state index contributed by atoms with van der Waals surface area (Å²) in [6, 6.07) is 4.80. The van der Waals surface area contributed by atoms with Crippen LogP contribution in [0.15, 0.2) is 18.2 Å². The van der Waals surface area contributed by atoms with Gasteiger partial charge in [-0.2, -0.15) is 0 Å². The molecule has 0 aliphatic heterocycles. The van der Waals surface area contributed by atoms with Gasteiger partial charge in [0.05, 0.1) is 10.0 Å². The highest BCUT2D eigenvalue weighted by atomic mass is 79.9. The van der Waals surface area contributed by atoms with Crippen LogP contribution in [0.2, 0.25) is 10.0 Å². The maximum Gasteiger partial charge on any atom is 0.251 e. The molecular weight excluding hydrogens is 301 g/mol. The van der Waals surface area contributed by atoms with Gasteiger partial charge in [-0.1, -0.05) is 46.1 Å². The summed E-state index contributed by atoms with van der Waals surface area (Å²) < 4.78 is 0. The molecule has 5 heteroatoms. The second-order valence-corrected chi connectivity index (χ2v) is 5.50. The number of rotatable bonds is 3. The quantitative estimate of drug-likeness (QED) is 0.851. The number of benzene rings is 1. The first-order valence-corrected chi connectivity index (χ1v) is 6.05. The zero-order valence-electron chi connectivity index (χ0n) is 8.06. The molecule has 1 atom stereocenters. The standard InChI is InChI=1S/C10H10BrCl2NO/c1-6(11)5-14-10(15)7-2-3-8(12)9(13)4-7/h2-4,6H,5H2,1H3,(H,14,15). The Morgan fingerprint density at radius 3 is 2.67 bits per heavy atom. The number of carbonyl (C=O) groups is 1. The summed E-state index contributed by atoms with van der Waals surface area (Å²) in [5.41, 5.74) is 0.512. The van der Waals surface area contributed by atoms with Crippen molar-refractivity contribution in [3.05, 3.63) is 33.8 Å². The Kier molecular flexibility index (Phi) is 4.90. The van der Waals surface area contributed by atoms with E-state index >= 15 is 0 Å². The molecule has 1 amide bonds. The molecule has 1 rings (SSSR count). The second-order valence-electron chi connectivity index (χ2n) is 3.12. The van der Waals surface area contributed by atoms with Gasteiger partial charge in [-0.3, -0.25) is 4.79 Å². The Morgan fingerprint density at radius 1 is 1.47 bits per heavy atom. The van der Waals surface area contributed by atoms with Crippen molar-refractivity contribution in [1.82, 2.24) is 5.32 Å². The number of hydrogen-bond donors (Lipinski definition) is 1. The maximum atomic E-state index is 11.6. The van der Waals surface area contributed by atoms with Crippen LogP contribution in [0.1, 0.15) is 17.3 Å². The number of hydrogen-bond acceptors (Lipinski definition) is 1. The average molecular weight is 311 g/mol. The van der Waals surface area contributed by atoms with E-state index in [2.05, 4.69) is 21.2 Å². The van der Waals surface area contributed by atoms with Crippen LogP contribution < -0.4 is 5.32 Å². The van der Waals surface area contributed by atoms with Crippen molar-refractivity contribution in [2.75, 3.05) is 6.54 Å². The Balaban J connectivity index is 2.70. The predicted molar refractivity (Wildman–Crippen MR) is 67.2 cm³/mol. The summed E-state index contributed by atoms with van der Waals surface area (Å²) in [6.07, 6.45) is 0. The van der Waals surface area contributed by atoms with E-state index in [4.69, 9.17) is 23.2 Å². The van der Waals surface area contributed by atoms with Gasteiger partial charge >= 0.3 is 0 Å². The van der Waals surface area contributed by atoms with Crippen LogP contribution in [0.5, 0.6) is 0 Å². The van der Waals surface area contributed by atoms with Gasteiger partial charge in [-0.15, -0.1) is 0 Å². The van der Waals surface area contributed by atoms with Crippen molar-refractivity contribution in [1.29, 1.82) is 0 Å². The van der Waals surface area contributed by atoms with Gasteiger partial charge in [0, 0.05) is 16.9 Å². The van der Waals surface area contributed by atoms with E-state index in [0.717, 1.165) is 0 Å². The van der Waals surface area contributed by atoms with E-state index in [9.17, 15) is 4.79 Å². The molecule has 0 aliphatic rings. The maximum absolute atomic E-state index is 11.6. The third-order valence-electron chi connectivity index (χ3n) is 1.73. The first-order chi connectivity index (χ1) is 7.00. The molecule has 1 aromatic carbocycles. The molecule has 1 N–H and O–H groups in total. The summed E-state index contributed by atoms with van der Waals surface area (Å²) in [6.45, 7) is 2.52. The highest BCUT2D eigenvalue weighted by Crippen LogP contribution is 2.22. The summed E-state index contributed by atoms with van der Waals surface area (Å²) in [5.74, 6) is -0.153. The molecular formula is C10H10BrCl2NO. The first-order valence-electron chi connectivity index (χ1n) is 4.38. The Hall–Kier alpha value is -0.250. The van der Waals surface area contributed by atoms with Gasteiger partial charge < -0.3 is 5.32 Å². The monoisotopic (exact) mass is 309 g/mol. The average Bonchev–Trinajstić information content (AvgIpc) is 2.18. The molecule has 0 aliphatic carbocycles. The third kappa shape index (κ3) is 4.01. The van der Waals surface area contributed by atoms with Crippen molar-refractivity contribution in [2.45, 2.75) is 11.8 Å². The van der Waals surface area contributed by atoms with E-state index in [0.29, 0.717) is 22.2 Å². The van der Waals surface area contributed by atoms with E-state index < -0.39 is 0 Å². The number of nitrogens with one attached hydrogen (secondary N) is 1. The Morgan fingerprint density at radius 2 is 2.13 bits per heavy atom. The second kappa shape index (κ2) is 5.73. The molecule has 0 heterocycles. The fraction of sp³-hybridized carbons (Fsp3) is 0.300. The lowest BCUT2D eigenvalue weighted by Crippen LogP contribution is -2.28. The molecule has 1 aromatic rings. The molecule has 0 radical (unpaired) electrons. The fourth-order valence-electron chi connectivity index (χ4n) is 0.973. The fourth-order valence-corrected chi connectivity index (χ4v) is 1.43. The molecule has 0 spiro atoms. The molecule has 2 nitrogen and oxygen atoms in total. The van der Waals surface area contributed by atoms with Gasteiger partial charge in [-0.05, 0) is 18.2 Å². The molecule has 0 aromatic heterocycles. The van der Waals surface area contributed by atoms with Crippen LogP contribution in [-0.2, 0) is 0 Å². The smallest absolute Gasteiger partial charge is 0.251 e. The third-order valence-corrected chi connectivity index (χ3v) is 2.79. The predicted octanol–water partition coefficient (Wildman–Crippen LogP) is 3.51. The van der Waals surface area contributed by atoms with Crippen molar-refractivity contribution in [3.63, 3.8) is 0 Å². The molecule has 0 saturated heterocycles. The van der Waals surface area contributed by atoms with Crippen LogP contribution in [0, 0.1) is 0 Å². The van der Waals surface area contributed by atoms with E-state index in [1.807, 2.05) is 6.92 Å². The summed E-state index contributed by atoms with van der Waals surface area (Å²) in [4.78, 5) is 11.8. The minimum Gasteiger partial charge on any atom is -0.351 e. The normalized spacial score (nSPS) is 12.3. The highest BCUT2D eigenvalue weighted by Gasteiger charge is 2.08. The summed E-state index contributed by atoms with van der Waals surface area (Å²) >= 11 is 14.9. The zero-order chi connectivity index (χ0) is 11.4. The molecule has 0 saturated carbocycles. The van der Waals surface area contributed by atoms with Crippen LogP contribution in [0.25, 0.3) is 0 Å². The first kappa shape index (κ1) is 12.8. The molecule has 0 fully saturated rings. The zero-order valence-corrected chi connectivity index (χ0v) is 11.2. The van der Waals surface area contributed by atoms with Crippen LogP contribution in [0.4, 0.5) is 0 Å². The molecule has 82 valence electrons. The Bertz CT molecular complexity index is 368. The number of carbonyl (C=O) groups excluding carboxylic acids is 1. The van der Waals surface area contributed by atoms with Gasteiger partial charge in [0.2, 0.25) is 0 Å². The van der Waals surface area contributed by atoms with Crippen LogP contribution in [0.3, 0.4) is 0 Å². The van der Waals surface area contributed by atoms with E-state index in [1.165, 1.54) is 0 Å². The lowest BCUT2D eigenvalue weighted by Gasteiger charge is -2.07. The van der Waals surface area contributed by atoms with Crippen LogP contribution in [-0.4, -0.2) is 17.3 Å². The summed E-state index contributed by atoms with van der Waals surface area (Å²) in [5, 5.41) is 3.59. The van der Waals surface area contributed by atoms with Crippen molar-refractivity contribution in [3.8, 4) is 0 Å². The van der Waals surface area contributed by atoms with E-state index in [-0.39, 0.29) is 10.7 Å². The SMILES string of the molecule is CC(Br)CNC(=O)c1ccc(Cl)c(Cl)c1. The largest absolute Gasteiger partial charge is 0.351 e. The number of halogens is 3. The molecule has 15 heavy (non-hydrogen) atoms. The van der Waals surface area contributed by atoms with Crippen molar-refractivity contribution < 1.29 is 4.79 Å². The van der Waals surface area contributed by atoms with Crippen LogP contribution >= 0.6 is 39.1 Å². The lowest BCUT2D eigenvalue weighted by molar-refractivity contribution is 0.0954.